The summed E-state index contributed by atoms with van der Waals surface area (Å²) in [7, 11) is 1.82. The molecule has 0 aliphatic carbocycles. The summed E-state index contributed by atoms with van der Waals surface area (Å²) in [5.74, 6) is 0. The number of carbonyl (C=O) groups excluding carboxylic acids is 1. The zero-order chi connectivity index (χ0) is 12.7. The SMILES string of the molecule is Cc1[nH]c2ccccc2c1-c1ncn(C)c1C=O. The largest absolute Gasteiger partial charge is 0.358 e. The highest BCUT2D eigenvalue weighted by atomic mass is 16.1. The van der Waals surface area contributed by atoms with Crippen LogP contribution in [0.3, 0.4) is 0 Å². The third-order valence-electron chi connectivity index (χ3n) is 3.22. The number of nitrogens with zero attached hydrogens (tertiary/aromatic N) is 2. The minimum Gasteiger partial charge on any atom is -0.358 e. The number of H-pyrrole nitrogens is 1. The summed E-state index contributed by atoms with van der Waals surface area (Å²) in [5.41, 5.74) is 4.43. The van der Waals surface area contributed by atoms with Crippen LogP contribution < -0.4 is 0 Å². The van der Waals surface area contributed by atoms with Crippen LogP contribution >= 0.6 is 0 Å². The van der Waals surface area contributed by atoms with Crippen molar-refractivity contribution in [2.45, 2.75) is 6.92 Å². The molecule has 0 saturated carbocycles. The van der Waals surface area contributed by atoms with Crippen LogP contribution in [0.2, 0.25) is 0 Å². The number of aromatic amines is 1. The predicted molar refractivity (Wildman–Crippen MR) is 70.6 cm³/mol. The Labute approximate surface area is 104 Å². The van der Waals surface area contributed by atoms with Gasteiger partial charge in [0.05, 0.1) is 6.33 Å². The normalized spacial score (nSPS) is 11.0. The van der Waals surface area contributed by atoms with E-state index in [-0.39, 0.29) is 0 Å². The molecule has 0 aliphatic heterocycles. The maximum atomic E-state index is 11.2. The topological polar surface area (TPSA) is 50.7 Å². The zero-order valence-corrected chi connectivity index (χ0v) is 10.3. The van der Waals surface area contributed by atoms with E-state index in [2.05, 4.69) is 9.97 Å². The second-order valence-corrected chi connectivity index (χ2v) is 4.38. The minimum atomic E-state index is 0.600. The number of aromatic nitrogens is 3. The van der Waals surface area contributed by atoms with Crippen LogP contribution in [0.15, 0.2) is 30.6 Å². The van der Waals surface area contributed by atoms with Crippen molar-refractivity contribution < 1.29 is 4.79 Å². The van der Waals surface area contributed by atoms with E-state index >= 15 is 0 Å². The van der Waals surface area contributed by atoms with Gasteiger partial charge in [-0.2, -0.15) is 0 Å². The van der Waals surface area contributed by atoms with Crippen LogP contribution in [0.5, 0.6) is 0 Å². The molecule has 0 spiro atoms. The molecule has 18 heavy (non-hydrogen) atoms. The van der Waals surface area contributed by atoms with Crippen molar-refractivity contribution in [2.24, 2.45) is 7.05 Å². The van der Waals surface area contributed by atoms with Crippen molar-refractivity contribution in [1.29, 1.82) is 0 Å². The zero-order valence-electron chi connectivity index (χ0n) is 10.3. The number of imidazole rings is 1. The van der Waals surface area contributed by atoms with Gasteiger partial charge in [-0.05, 0) is 13.0 Å². The predicted octanol–water partition coefficient (Wildman–Crippen LogP) is 2.69. The molecule has 1 N–H and O–H groups in total. The maximum Gasteiger partial charge on any atom is 0.168 e. The number of para-hydroxylation sites is 1. The average Bonchev–Trinajstić information content (AvgIpc) is 2.88. The van der Waals surface area contributed by atoms with E-state index in [0.29, 0.717) is 5.69 Å². The van der Waals surface area contributed by atoms with Gasteiger partial charge in [0.2, 0.25) is 0 Å². The highest BCUT2D eigenvalue weighted by molar-refractivity contribution is 5.99. The van der Waals surface area contributed by atoms with Crippen LogP contribution in [0, 0.1) is 6.92 Å². The molecular weight excluding hydrogens is 226 g/mol. The van der Waals surface area contributed by atoms with Gasteiger partial charge in [-0.15, -0.1) is 0 Å². The molecule has 3 rings (SSSR count). The smallest absolute Gasteiger partial charge is 0.168 e. The molecule has 0 fully saturated rings. The second-order valence-electron chi connectivity index (χ2n) is 4.38. The molecule has 0 bridgehead atoms. The number of fused-ring (bicyclic) bond motifs is 1. The van der Waals surface area contributed by atoms with Crippen molar-refractivity contribution in [3.05, 3.63) is 42.0 Å². The number of nitrogens with one attached hydrogen (secondary N) is 1. The monoisotopic (exact) mass is 239 g/mol. The molecule has 0 atom stereocenters. The van der Waals surface area contributed by atoms with Gasteiger partial charge in [-0.3, -0.25) is 4.79 Å². The second kappa shape index (κ2) is 3.84. The Morgan fingerprint density at radius 1 is 1.33 bits per heavy atom. The Bertz CT molecular complexity index is 737. The van der Waals surface area contributed by atoms with Crippen LogP contribution in [-0.4, -0.2) is 20.8 Å². The maximum absolute atomic E-state index is 11.2. The Morgan fingerprint density at radius 2 is 2.11 bits per heavy atom. The number of carbonyl (C=O) groups is 1. The molecule has 4 heteroatoms. The molecule has 1 aromatic carbocycles. The van der Waals surface area contributed by atoms with E-state index in [1.54, 1.807) is 10.9 Å². The third-order valence-corrected chi connectivity index (χ3v) is 3.22. The summed E-state index contributed by atoms with van der Waals surface area (Å²) in [6.07, 6.45) is 2.52. The molecule has 2 heterocycles. The molecule has 0 radical (unpaired) electrons. The van der Waals surface area contributed by atoms with E-state index in [0.717, 1.165) is 34.1 Å². The summed E-state index contributed by atoms with van der Waals surface area (Å²) in [5, 5.41) is 1.09. The van der Waals surface area contributed by atoms with E-state index < -0.39 is 0 Å². The Balaban J connectivity index is 2.37. The first kappa shape index (κ1) is 10.8. The lowest BCUT2D eigenvalue weighted by Crippen LogP contribution is -1.94. The Morgan fingerprint density at radius 3 is 2.89 bits per heavy atom. The Kier molecular flexibility index (Phi) is 2.30. The van der Waals surface area contributed by atoms with Gasteiger partial charge >= 0.3 is 0 Å². The summed E-state index contributed by atoms with van der Waals surface area (Å²) >= 11 is 0. The van der Waals surface area contributed by atoms with Crippen molar-refractivity contribution in [2.75, 3.05) is 0 Å². The van der Waals surface area contributed by atoms with Gasteiger partial charge in [0.15, 0.2) is 6.29 Å². The molecule has 90 valence electrons. The lowest BCUT2D eigenvalue weighted by atomic mass is 10.1. The fourth-order valence-electron chi connectivity index (χ4n) is 2.35. The van der Waals surface area contributed by atoms with Crippen LogP contribution in [0.25, 0.3) is 22.2 Å². The summed E-state index contributed by atoms with van der Waals surface area (Å²) in [6.45, 7) is 2.00. The molecule has 0 saturated heterocycles. The first-order valence-corrected chi connectivity index (χ1v) is 5.76. The van der Waals surface area contributed by atoms with E-state index in [1.807, 2.05) is 38.2 Å². The minimum absolute atomic E-state index is 0.600. The highest BCUT2D eigenvalue weighted by Crippen LogP contribution is 2.32. The van der Waals surface area contributed by atoms with E-state index in [9.17, 15) is 4.79 Å². The molecule has 0 aliphatic rings. The number of aldehydes is 1. The van der Waals surface area contributed by atoms with Crippen molar-refractivity contribution in [3.63, 3.8) is 0 Å². The van der Waals surface area contributed by atoms with Gasteiger partial charge in [-0.25, -0.2) is 4.98 Å². The summed E-state index contributed by atoms with van der Waals surface area (Å²) in [6, 6.07) is 8.04. The molecule has 4 nitrogen and oxygen atoms in total. The van der Waals surface area contributed by atoms with Gasteiger partial charge in [0.1, 0.15) is 11.4 Å². The average molecular weight is 239 g/mol. The molecule has 3 aromatic rings. The number of hydrogen-bond donors (Lipinski definition) is 1. The van der Waals surface area contributed by atoms with Crippen molar-refractivity contribution in [3.8, 4) is 11.3 Å². The standard InChI is InChI=1S/C14H13N3O/c1-9-13(10-5-3-4-6-11(10)16-9)14-12(7-18)17(2)8-15-14/h3-8,16H,1-2H3. The summed E-state index contributed by atoms with van der Waals surface area (Å²) < 4.78 is 1.74. The van der Waals surface area contributed by atoms with Gasteiger partial charge in [0, 0.05) is 29.2 Å². The fraction of sp³-hybridized carbons (Fsp3) is 0.143. The first-order chi connectivity index (χ1) is 8.72. The summed E-state index contributed by atoms with van der Waals surface area (Å²) in [4.78, 5) is 18.9. The number of aryl methyl sites for hydroxylation is 2. The van der Waals surface area contributed by atoms with Crippen LogP contribution in [0.4, 0.5) is 0 Å². The first-order valence-electron chi connectivity index (χ1n) is 5.76. The number of benzene rings is 1. The van der Waals surface area contributed by atoms with Gasteiger partial charge in [0.25, 0.3) is 0 Å². The van der Waals surface area contributed by atoms with E-state index in [1.165, 1.54) is 0 Å². The fourth-order valence-corrected chi connectivity index (χ4v) is 2.35. The van der Waals surface area contributed by atoms with Gasteiger partial charge < -0.3 is 9.55 Å². The third kappa shape index (κ3) is 1.39. The van der Waals surface area contributed by atoms with Crippen LogP contribution in [0.1, 0.15) is 16.2 Å². The lowest BCUT2D eigenvalue weighted by Gasteiger charge is -2.00. The highest BCUT2D eigenvalue weighted by Gasteiger charge is 2.17. The lowest BCUT2D eigenvalue weighted by molar-refractivity contribution is 0.111. The Hall–Kier alpha value is -2.36. The number of hydrogen-bond acceptors (Lipinski definition) is 2. The number of rotatable bonds is 2. The molecule has 2 aromatic heterocycles. The van der Waals surface area contributed by atoms with Crippen LogP contribution in [-0.2, 0) is 7.05 Å². The van der Waals surface area contributed by atoms with Crippen molar-refractivity contribution >= 4 is 17.2 Å². The van der Waals surface area contributed by atoms with E-state index in [4.69, 9.17) is 0 Å². The quantitative estimate of drug-likeness (QED) is 0.699. The molecule has 0 amide bonds. The molecule has 0 unspecified atom stereocenters. The van der Waals surface area contributed by atoms with Crippen molar-refractivity contribution in [1.82, 2.24) is 14.5 Å². The van der Waals surface area contributed by atoms with Gasteiger partial charge in [-0.1, -0.05) is 18.2 Å². The molecular formula is C14H13N3O.